The van der Waals surface area contributed by atoms with Crippen LogP contribution in [0.5, 0.6) is 17.2 Å². The van der Waals surface area contributed by atoms with E-state index in [2.05, 4.69) is 6.92 Å². The first-order chi connectivity index (χ1) is 8.70. The van der Waals surface area contributed by atoms with Crippen molar-refractivity contribution < 1.29 is 14.9 Å². The molecule has 0 aliphatic carbocycles. The monoisotopic (exact) mass is 252 g/mol. The van der Waals surface area contributed by atoms with Crippen molar-refractivity contribution >= 4 is 0 Å². The standard InChI is InChI=1S/C15H24O3/c1-3-5-6-7-8-12-9-10-13(16)14(17)15(12)18-11-4-2/h9-10,16-17H,3-8,11H2,1-2H3. The van der Waals surface area contributed by atoms with Crippen LogP contribution in [0.2, 0.25) is 0 Å². The van der Waals surface area contributed by atoms with Crippen molar-refractivity contribution in [3.63, 3.8) is 0 Å². The molecule has 0 atom stereocenters. The van der Waals surface area contributed by atoms with Gasteiger partial charge in [0, 0.05) is 0 Å². The van der Waals surface area contributed by atoms with Crippen LogP contribution in [0, 0.1) is 0 Å². The molecule has 0 aliphatic rings. The highest BCUT2D eigenvalue weighted by atomic mass is 16.5. The average Bonchev–Trinajstić information content (AvgIpc) is 2.38. The predicted octanol–water partition coefficient (Wildman–Crippen LogP) is 4.01. The summed E-state index contributed by atoms with van der Waals surface area (Å²) in [6.45, 7) is 4.75. The molecule has 0 spiro atoms. The third-order valence-corrected chi connectivity index (χ3v) is 2.94. The van der Waals surface area contributed by atoms with E-state index < -0.39 is 0 Å². The van der Waals surface area contributed by atoms with Crippen LogP contribution in [0.3, 0.4) is 0 Å². The van der Waals surface area contributed by atoms with Crippen LogP contribution in [-0.2, 0) is 6.42 Å². The van der Waals surface area contributed by atoms with E-state index in [1.54, 1.807) is 0 Å². The number of benzene rings is 1. The van der Waals surface area contributed by atoms with Crippen molar-refractivity contribution in [2.75, 3.05) is 6.61 Å². The smallest absolute Gasteiger partial charge is 0.200 e. The van der Waals surface area contributed by atoms with Crippen molar-refractivity contribution in [1.29, 1.82) is 0 Å². The SMILES string of the molecule is CCCCCCc1ccc(O)c(O)c1OCCC. The minimum Gasteiger partial charge on any atom is -0.504 e. The maximum absolute atomic E-state index is 9.83. The van der Waals surface area contributed by atoms with Gasteiger partial charge in [-0.05, 0) is 30.9 Å². The average molecular weight is 252 g/mol. The first-order valence-corrected chi connectivity index (χ1v) is 6.87. The largest absolute Gasteiger partial charge is 0.504 e. The van der Waals surface area contributed by atoms with Gasteiger partial charge in [0.1, 0.15) is 0 Å². The molecule has 3 heteroatoms. The molecule has 0 bridgehead atoms. The van der Waals surface area contributed by atoms with Crippen molar-refractivity contribution in [3.8, 4) is 17.2 Å². The van der Waals surface area contributed by atoms with Gasteiger partial charge < -0.3 is 14.9 Å². The lowest BCUT2D eigenvalue weighted by Crippen LogP contribution is -2.00. The molecule has 102 valence electrons. The van der Waals surface area contributed by atoms with E-state index in [1.165, 1.54) is 25.3 Å². The maximum Gasteiger partial charge on any atom is 0.200 e. The van der Waals surface area contributed by atoms with Gasteiger partial charge in [-0.3, -0.25) is 0 Å². The zero-order valence-corrected chi connectivity index (χ0v) is 11.4. The van der Waals surface area contributed by atoms with E-state index in [1.807, 2.05) is 13.0 Å². The highest BCUT2D eigenvalue weighted by molar-refractivity contribution is 5.54. The molecule has 1 rings (SSSR count). The molecule has 0 unspecified atom stereocenters. The fraction of sp³-hybridized carbons (Fsp3) is 0.600. The van der Waals surface area contributed by atoms with Gasteiger partial charge in [0.25, 0.3) is 0 Å². The Balaban J connectivity index is 2.72. The molecule has 0 radical (unpaired) electrons. The number of hydrogen-bond acceptors (Lipinski definition) is 3. The normalized spacial score (nSPS) is 10.6. The van der Waals surface area contributed by atoms with Crippen LogP contribution in [-0.4, -0.2) is 16.8 Å². The Morgan fingerprint density at radius 3 is 2.44 bits per heavy atom. The van der Waals surface area contributed by atoms with Crippen LogP contribution in [0.4, 0.5) is 0 Å². The Kier molecular flexibility index (Phi) is 6.40. The minimum atomic E-state index is -0.128. The van der Waals surface area contributed by atoms with Gasteiger partial charge in [0.05, 0.1) is 6.61 Å². The van der Waals surface area contributed by atoms with Gasteiger partial charge in [-0.15, -0.1) is 0 Å². The maximum atomic E-state index is 9.83. The number of aryl methyl sites for hydroxylation is 1. The van der Waals surface area contributed by atoms with Crippen molar-refractivity contribution in [2.45, 2.75) is 52.4 Å². The van der Waals surface area contributed by atoms with Gasteiger partial charge in [-0.1, -0.05) is 39.2 Å². The zero-order chi connectivity index (χ0) is 13.4. The van der Waals surface area contributed by atoms with Gasteiger partial charge in [-0.2, -0.15) is 0 Å². The molecular formula is C15H24O3. The lowest BCUT2D eigenvalue weighted by Gasteiger charge is -2.13. The Morgan fingerprint density at radius 2 is 1.78 bits per heavy atom. The van der Waals surface area contributed by atoms with Crippen LogP contribution < -0.4 is 4.74 Å². The topological polar surface area (TPSA) is 49.7 Å². The van der Waals surface area contributed by atoms with E-state index in [9.17, 15) is 10.2 Å². The quantitative estimate of drug-likeness (QED) is 0.543. The molecular weight excluding hydrogens is 228 g/mol. The molecule has 0 aliphatic heterocycles. The molecule has 0 saturated carbocycles. The van der Waals surface area contributed by atoms with Gasteiger partial charge in [-0.25, -0.2) is 0 Å². The fourth-order valence-corrected chi connectivity index (χ4v) is 1.91. The first kappa shape index (κ1) is 14.7. The highest BCUT2D eigenvalue weighted by Gasteiger charge is 2.13. The molecule has 0 amide bonds. The fourth-order valence-electron chi connectivity index (χ4n) is 1.91. The second-order valence-corrected chi connectivity index (χ2v) is 4.58. The lowest BCUT2D eigenvalue weighted by molar-refractivity contribution is 0.289. The van der Waals surface area contributed by atoms with E-state index >= 15 is 0 Å². The summed E-state index contributed by atoms with van der Waals surface area (Å²) in [6, 6.07) is 3.37. The van der Waals surface area contributed by atoms with Crippen molar-refractivity contribution in [2.24, 2.45) is 0 Å². The van der Waals surface area contributed by atoms with E-state index in [4.69, 9.17) is 4.74 Å². The van der Waals surface area contributed by atoms with Gasteiger partial charge in [0.15, 0.2) is 11.5 Å². The predicted molar refractivity (Wildman–Crippen MR) is 73.4 cm³/mol. The van der Waals surface area contributed by atoms with Gasteiger partial charge >= 0.3 is 0 Å². The first-order valence-electron chi connectivity index (χ1n) is 6.87. The zero-order valence-electron chi connectivity index (χ0n) is 11.4. The molecule has 0 heterocycles. The Bertz CT molecular complexity index is 361. The minimum absolute atomic E-state index is 0.113. The Labute approximate surface area is 109 Å². The van der Waals surface area contributed by atoms with Crippen LogP contribution >= 0.6 is 0 Å². The number of aromatic hydroxyl groups is 2. The van der Waals surface area contributed by atoms with E-state index in [-0.39, 0.29) is 11.5 Å². The third kappa shape index (κ3) is 4.13. The lowest BCUT2D eigenvalue weighted by atomic mass is 10.0. The molecule has 1 aromatic rings. The highest BCUT2D eigenvalue weighted by Crippen LogP contribution is 2.39. The van der Waals surface area contributed by atoms with Crippen LogP contribution in [0.1, 0.15) is 51.5 Å². The number of unbranched alkanes of at least 4 members (excludes halogenated alkanes) is 3. The molecule has 1 aromatic carbocycles. The number of phenolic OH excluding ortho intramolecular Hbond substituents is 2. The number of rotatable bonds is 8. The summed E-state index contributed by atoms with van der Waals surface area (Å²) in [4.78, 5) is 0. The molecule has 18 heavy (non-hydrogen) atoms. The summed E-state index contributed by atoms with van der Waals surface area (Å²) < 4.78 is 5.54. The third-order valence-electron chi connectivity index (χ3n) is 2.94. The van der Waals surface area contributed by atoms with Crippen molar-refractivity contribution in [1.82, 2.24) is 0 Å². The number of ether oxygens (including phenoxy) is 1. The van der Waals surface area contributed by atoms with Gasteiger partial charge in [0.2, 0.25) is 5.75 Å². The molecule has 0 saturated heterocycles. The molecule has 3 nitrogen and oxygen atoms in total. The molecule has 0 fully saturated rings. The summed E-state index contributed by atoms with van der Waals surface area (Å²) >= 11 is 0. The van der Waals surface area contributed by atoms with Crippen molar-refractivity contribution in [3.05, 3.63) is 17.7 Å². The van der Waals surface area contributed by atoms with Crippen LogP contribution in [0.15, 0.2) is 12.1 Å². The summed E-state index contributed by atoms with van der Waals surface area (Å²) in [7, 11) is 0. The second-order valence-electron chi connectivity index (χ2n) is 4.58. The number of phenols is 2. The summed E-state index contributed by atoms with van der Waals surface area (Å²) in [6.07, 6.45) is 6.47. The Hall–Kier alpha value is -1.38. The van der Waals surface area contributed by atoms with E-state index in [0.29, 0.717) is 12.4 Å². The molecule has 0 aromatic heterocycles. The van der Waals surface area contributed by atoms with E-state index in [0.717, 1.165) is 24.8 Å². The second kappa shape index (κ2) is 7.85. The molecule has 2 N–H and O–H groups in total. The summed E-state index contributed by atoms with van der Waals surface area (Å²) in [5, 5.41) is 19.3. The number of hydrogen-bond donors (Lipinski definition) is 2. The Morgan fingerprint density at radius 1 is 1.00 bits per heavy atom. The summed E-state index contributed by atoms with van der Waals surface area (Å²) in [5.41, 5.74) is 0.981. The van der Waals surface area contributed by atoms with Crippen LogP contribution in [0.25, 0.3) is 0 Å². The summed E-state index contributed by atoms with van der Waals surface area (Å²) in [5.74, 6) is 0.211.